The van der Waals surface area contributed by atoms with Crippen molar-refractivity contribution in [3.63, 3.8) is 0 Å². The summed E-state index contributed by atoms with van der Waals surface area (Å²) in [6, 6.07) is 4.84. The standard InChI is InChI=1S/C17H29N3/c1-17(2)8-7-16(18-3)15(10-17)13-20(4)12-14-6-5-9-19-11-14/h5-6,9,11,15-16,18H,7-8,10,12-13H2,1-4H3. The second-order valence-corrected chi connectivity index (χ2v) is 7.12. The molecular formula is C17H29N3. The normalized spacial score (nSPS) is 25.9. The molecule has 2 atom stereocenters. The van der Waals surface area contributed by atoms with E-state index in [0.29, 0.717) is 11.5 Å². The molecule has 112 valence electrons. The first-order valence-electron chi connectivity index (χ1n) is 7.75. The van der Waals surface area contributed by atoms with Gasteiger partial charge in [-0.25, -0.2) is 0 Å². The monoisotopic (exact) mass is 275 g/mol. The second kappa shape index (κ2) is 6.68. The molecule has 20 heavy (non-hydrogen) atoms. The van der Waals surface area contributed by atoms with Gasteiger partial charge in [0.05, 0.1) is 0 Å². The van der Waals surface area contributed by atoms with E-state index in [1.54, 1.807) is 0 Å². The highest BCUT2D eigenvalue weighted by atomic mass is 15.1. The maximum Gasteiger partial charge on any atom is 0.0312 e. The molecule has 1 aromatic rings. The van der Waals surface area contributed by atoms with Crippen molar-refractivity contribution in [3.05, 3.63) is 30.1 Å². The zero-order valence-corrected chi connectivity index (χ0v) is 13.4. The van der Waals surface area contributed by atoms with E-state index < -0.39 is 0 Å². The fourth-order valence-corrected chi connectivity index (χ4v) is 3.58. The molecule has 0 amide bonds. The van der Waals surface area contributed by atoms with Crippen LogP contribution in [-0.2, 0) is 6.54 Å². The van der Waals surface area contributed by atoms with Crippen LogP contribution in [0.4, 0.5) is 0 Å². The molecule has 0 spiro atoms. The molecule has 1 aliphatic rings. The molecule has 0 aromatic carbocycles. The molecule has 1 aromatic heterocycles. The summed E-state index contributed by atoms with van der Waals surface area (Å²) in [6.07, 6.45) is 7.76. The maximum absolute atomic E-state index is 4.20. The van der Waals surface area contributed by atoms with Gasteiger partial charge in [-0.2, -0.15) is 0 Å². The first-order valence-corrected chi connectivity index (χ1v) is 7.75. The number of rotatable bonds is 5. The highest BCUT2D eigenvalue weighted by molar-refractivity contribution is 5.08. The van der Waals surface area contributed by atoms with Gasteiger partial charge in [0.1, 0.15) is 0 Å². The van der Waals surface area contributed by atoms with E-state index in [1.807, 2.05) is 18.5 Å². The zero-order chi connectivity index (χ0) is 14.6. The van der Waals surface area contributed by atoms with Crippen molar-refractivity contribution in [3.8, 4) is 0 Å². The van der Waals surface area contributed by atoms with E-state index in [9.17, 15) is 0 Å². The predicted molar refractivity (Wildman–Crippen MR) is 84.5 cm³/mol. The van der Waals surface area contributed by atoms with Gasteiger partial charge in [0.2, 0.25) is 0 Å². The second-order valence-electron chi connectivity index (χ2n) is 7.12. The lowest BCUT2D eigenvalue weighted by molar-refractivity contribution is 0.110. The average molecular weight is 275 g/mol. The Morgan fingerprint density at radius 2 is 2.25 bits per heavy atom. The number of nitrogens with one attached hydrogen (secondary N) is 1. The summed E-state index contributed by atoms with van der Waals surface area (Å²) in [7, 11) is 4.33. The quantitative estimate of drug-likeness (QED) is 0.895. The Morgan fingerprint density at radius 3 is 2.90 bits per heavy atom. The fraction of sp³-hybridized carbons (Fsp3) is 0.706. The van der Waals surface area contributed by atoms with Crippen LogP contribution in [0, 0.1) is 11.3 Å². The van der Waals surface area contributed by atoms with Gasteiger partial charge in [0, 0.05) is 31.5 Å². The van der Waals surface area contributed by atoms with Gasteiger partial charge >= 0.3 is 0 Å². The van der Waals surface area contributed by atoms with Gasteiger partial charge in [-0.15, -0.1) is 0 Å². The Morgan fingerprint density at radius 1 is 1.45 bits per heavy atom. The molecule has 3 nitrogen and oxygen atoms in total. The van der Waals surface area contributed by atoms with Crippen molar-refractivity contribution in [2.24, 2.45) is 11.3 Å². The van der Waals surface area contributed by atoms with Crippen LogP contribution in [0.5, 0.6) is 0 Å². The Labute approximate surface area is 123 Å². The SMILES string of the molecule is CNC1CCC(C)(C)CC1CN(C)Cc1cccnc1. The molecule has 0 radical (unpaired) electrons. The predicted octanol–water partition coefficient (Wildman–Crippen LogP) is 2.93. The number of aromatic nitrogens is 1. The van der Waals surface area contributed by atoms with Gasteiger partial charge in [0.25, 0.3) is 0 Å². The van der Waals surface area contributed by atoms with E-state index in [0.717, 1.165) is 19.0 Å². The van der Waals surface area contributed by atoms with Crippen LogP contribution >= 0.6 is 0 Å². The number of hydrogen-bond donors (Lipinski definition) is 1. The van der Waals surface area contributed by atoms with E-state index in [2.05, 4.69) is 49.2 Å². The maximum atomic E-state index is 4.20. The highest BCUT2D eigenvalue weighted by Gasteiger charge is 2.34. The molecule has 1 heterocycles. The summed E-state index contributed by atoms with van der Waals surface area (Å²) in [6.45, 7) is 6.96. The van der Waals surface area contributed by atoms with Crippen LogP contribution in [0.2, 0.25) is 0 Å². The molecule has 3 heteroatoms. The lowest BCUT2D eigenvalue weighted by atomic mass is 9.69. The van der Waals surface area contributed by atoms with Gasteiger partial charge in [0.15, 0.2) is 0 Å². The summed E-state index contributed by atoms with van der Waals surface area (Å²) in [5, 5.41) is 3.52. The Balaban J connectivity index is 1.92. The fourth-order valence-electron chi connectivity index (χ4n) is 3.58. The largest absolute Gasteiger partial charge is 0.317 e. The summed E-state index contributed by atoms with van der Waals surface area (Å²) in [4.78, 5) is 6.64. The highest BCUT2D eigenvalue weighted by Crippen LogP contribution is 2.38. The number of nitrogens with zero attached hydrogens (tertiary/aromatic N) is 2. The zero-order valence-electron chi connectivity index (χ0n) is 13.4. The van der Waals surface area contributed by atoms with Crippen molar-refractivity contribution in [1.82, 2.24) is 15.2 Å². The lowest BCUT2D eigenvalue weighted by Crippen LogP contribution is -2.45. The Hall–Kier alpha value is -0.930. The summed E-state index contributed by atoms with van der Waals surface area (Å²) < 4.78 is 0. The van der Waals surface area contributed by atoms with Crippen LogP contribution in [0.15, 0.2) is 24.5 Å². The minimum Gasteiger partial charge on any atom is -0.317 e. The van der Waals surface area contributed by atoms with E-state index in [1.165, 1.54) is 24.8 Å². The van der Waals surface area contributed by atoms with Crippen LogP contribution in [0.1, 0.15) is 38.7 Å². The van der Waals surface area contributed by atoms with E-state index >= 15 is 0 Å². The van der Waals surface area contributed by atoms with Crippen molar-refractivity contribution in [2.75, 3.05) is 20.6 Å². The molecule has 1 saturated carbocycles. The van der Waals surface area contributed by atoms with Crippen LogP contribution in [0.25, 0.3) is 0 Å². The van der Waals surface area contributed by atoms with E-state index in [4.69, 9.17) is 0 Å². The van der Waals surface area contributed by atoms with Gasteiger partial charge in [-0.05, 0) is 56.3 Å². The summed E-state index contributed by atoms with van der Waals surface area (Å²) in [5.74, 6) is 0.741. The number of pyridine rings is 1. The molecular weight excluding hydrogens is 246 g/mol. The minimum absolute atomic E-state index is 0.493. The van der Waals surface area contributed by atoms with Gasteiger partial charge in [-0.3, -0.25) is 4.98 Å². The Kier molecular flexibility index (Phi) is 5.17. The molecule has 1 aliphatic carbocycles. The molecule has 1 fully saturated rings. The molecule has 2 unspecified atom stereocenters. The Bertz CT molecular complexity index is 402. The number of hydrogen-bond acceptors (Lipinski definition) is 3. The average Bonchev–Trinajstić information content (AvgIpc) is 2.39. The van der Waals surface area contributed by atoms with Crippen LogP contribution in [-0.4, -0.2) is 36.6 Å². The summed E-state index contributed by atoms with van der Waals surface area (Å²) in [5.41, 5.74) is 1.79. The van der Waals surface area contributed by atoms with Crippen molar-refractivity contribution in [1.29, 1.82) is 0 Å². The topological polar surface area (TPSA) is 28.2 Å². The third kappa shape index (κ3) is 4.29. The minimum atomic E-state index is 0.493. The lowest BCUT2D eigenvalue weighted by Gasteiger charge is -2.42. The molecule has 0 saturated heterocycles. The van der Waals surface area contributed by atoms with Gasteiger partial charge in [-0.1, -0.05) is 19.9 Å². The van der Waals surface area contributed by atoms with Crippen molar-refractivity contribution >= 4 is 0 Å². The third-order valence-electron chi connectivity index (χ3n) is 4.61. The molecule has 0 bridgehead atoms. The van der Waals surface area contributed by atoms with E-state index in [-0.39, 0.29) is 0 Å². The van der Waals surface area contributed by atoms with Crippen molar-refractivity contribution in [2.45, 2.75) is 45.7 Å². The first kappa shape index (κ1) is 15.5. The first-order chi connectivity index (χ1) is 9.50. The molecule has 0 aliphatic heterocycles. The van der Waals surface area contributed by atoms with Gasteiger partial charge < -0.3 is 10.2 Å². The van der Waals surface area contributed by atoms with Crippen LogP contribution in [0.3, 0.4) is 0 Å². The van der Waals surface area contributed by atoms with Crippen LogP contribution < -0.4 is 5.32 Å². The third-order valence-corrected chi connectivity index (χ3v) is 4.61. The summed E-state index contributed by atoms with van der Waals surface area (Å²) >= 11 is 0. The smallest absolute Gasteiger partial charge is 0.0312 e. The molecule has 2 rings (SSSR count). The van der Waals surface area contributed by atoms with Crippen molar-refractivity contribution < 1.29 is 0 Å². The molecule has 1 N–H and O–H groups in total.